The van der Waals surface area contributed by atoms with E-state index in [0.29, 0.717) is 12.1 Å². The molecule has 0 saturated heterocycles. The number of sulfonamides is 1. The maximum Gasteiger partial charge on any atom is 0.244 e. The SMILES string of the molecule is CC[C@H](C(=O)NC(C)C)N(Cc1ccccc1C)C(=O)CN(c1ccc(Br)c(C)c1)S(C)(=O)=O. The van der Waals surface area contributed by atoms with Crippen LogP contribution in [0.2, 0.25) is 0 Å². The molecule has 186 valence electrons. The molecule has 0 unspecified atom stereocenters. The van der Waals surface area contributed by atoms with Gasteiger partial charge < -0.3 is 10.2 Å². The van der Waals surface area contributed by atoms with Crippen LogP contribution in [0.4, 0.5) is 5.69 Å². The second-order valence-corrected chi connectivity index (χ2v) is 11.5. The second kappa shape index (κ2) is 11.8. The van der Waals surface area contributed by atoms with Crippen molar-refractivity contribution < 1.29 is 18.0 Å². The zero-order valence-electron chi connectivity index (χ0n) is 20.6. The Morgan fingerprint density at radius 2 is 1.71 bits per heavy atom. The molecular formula is C25H34BrN3O4S. The van der Waals surface area contributed by atoms with Crippen LogP contribution in [0.3, 0.4) is 0 Å². The fourth-order valence-corrected chi connectivity index (χ4v) is 4.76. The summed E-state index contributed by atoms with van der Waals surface area (Å²) in [7, 11) is -3.76. The van der Waals surface area contributed by atoms with E-state index < -0.39 is 28.5 Å². The predicted octanol–water partition coefficient (Wildman–Crippen LogP) is 4.16. The molecule has 0 spiro atoms. The zero-order valence-corrected chi connectivity index (χ0v) is 23.0. The van der Waals surface area contributed by atoms with Crippen LogP contribution in [0.5, 0.6) is 0 Å². The first-order chi connectivity index (χ1) is 15.8. The van der Waals surface area contributed by atoms with Crippen LogP contribution in [0.25, 0.3) is 0 Å². The number of hydrogen-bond acceptors (Lipinski definition) is 4. The van der Waals surface area contributed by atoms with Gasteiger partial charge in [0.2, 0.25) is 21.8 Å². The van der Waals surface area contributed by atoms with Crippen LogP contribution in [0, 0.1) is 13.8 Å². The van der Waals surface area contributed by atoms with Crippen LogP contribution in [0.15, 0.2) is 46.9 Å². The molecule has 0 saturated carbocycles. The van der Waals surface area contributed by atoms with Crippen LogP contribution < -0.4 is 9.62 Å². The van der Waals surface area contributed by atoms with Gasteiger partial charge >= 0.3 is 0 Å². The first-order valence-corrected chi connectivity index (χ1v) is 13.9. The van der Waals surface area contributed by atoms with E-state index in [0.717, 1.165) is 31.7 Å². The summed E-state index contributed by atoms with van der Waals surface area (Å²) < 4.78 is 27.3. The molecule has 7 nitrogen and oxygen atoms in total. The number of nitrogens with zero attached hydrogens (tertiary/aromatic N) is 2. The van der Waals surface area contributed by atoms with Gasteiger partial charge in [0.15, 0.2) is 0 Å². The first kappa shape index (κ1) is 27.9. The van der Waals surface area contributed by atoms with Gasteiger partial charge in [-0.3, -0.25) is 13.9 Å². The second-order valence-electron chi connectivity index (χ2n) is 8.74. The Morgan fingerprint density at radius 1 is 1.06 bits per heavy atom. The molecule has 0 aliphatic rings. The lowest BCUT2D eigenvalue weighted by atomic mass is 10.1. The molecule has 2 aromatic rings. The Morgan fingerprint density at radius 3 is 2.24 bits per heavy atom. The van der Waals surface area contributed by atoms with Crippen LogP contribution in [-0.2, 0) is 26.2 Å². The molecule has 34 heavy (non-hydrogen) atoms. The molecule has 2 amide bonds. The Bertz CT molecular complexity index is 1130. The van der Waals surface area contributed by atoms with E-state index in [2.05, 4.69) is 21.2 Å². The molecule has 0 bridgehead atoms. The Balaban J connectivity index is 2.48. The van der Waals surface area contributed by atoms with Gasteiger partial charge in [-0.25, -0.2) is 8.42 Å². The summed E-state index contributed by atoms with van der Waals surface area (Å²) in [6, 6.07) is 12.0. The zero-order chi connectivity index (χ0) is 25.6. The number of carbonyl (C=O) groups excluding carboxylic acids is 2. The number of halogens is 1. The minimum Gasteiger partial charge on any atom is -0.352 e. The summed E-state index contributed by atoms with van der Waals surface area (Å²) in [6.07, 6.45) is 1.47. The summed E-state index contributed by atoms with van der Waals surface area (Å²) >= 11 is 3.42. The number of carbonyl (C=O) groups is 2. The van der Waals surface area contributed by atoms with Crippen molar-refractivity contribution in [1.29, 1.82) is 0 Å². The molecule has 1 N–H and O–H groups in total. The molecule has 0 aliphatic heterocycles. The van der Waals surface area contributed by atoms with Gasteiger partial charge in [0.05, 0.1) is 11.9 Å². The summed E-state index contributed by atoms with van der Waals surface area (Å²) in [5.74, 6) is -0.704. The standard InChI is InChI=1S/C25H34BrN3O4S/c1-7-23(25(31)27-17(2)3)28(15-20-11-9-8-10-18(20)4)24(30)16-29(34(6,32)33)21-12-13-22(26)19(5)14-21/h8-14,17,23H,7,15-16H2,1-6H3,(H,27,31)/t23-/m1/s1. The van der Waals surface area contributed by atoms with Crippen LogP contribution >= 0.6 is 15.9 Å². The van der Waals surface area contributed by atoms with Gasteiger partial charge in [-0.05, 0) is 69.0 Å². The minimum atomic E-state index is -3.76. The van der Waals surface area contributed by atoms with Gasteiger partial charge in [0, 0.05) is 17.1 Å². The summed E-state index contributed by atoms with van der Waals surface area (Å²) in [5, 5.41) is 2.89. The molecule has 0 aromatic heterocycles. The van der Waals surface area contributed by atoms with Crippen molar-refractivity contribution in [2.75, 3.05) is 17.1 Å². The van der Waals surface area contributed by atoms with Crippen molar-refractivity contribution in [3.05, 3.63) is 63.6 Å². The molecule has 2 rings (SSSR count). The fourth-order valence-electron chi connectivity index (χ4n) is 3.67. The normalized spacial score (nSPS) is 12.4. The third-order valence-electron chi connectivity index (χ3n) is 5.53. The predicted molar refractivity (Wildman–Crippen MR) is 140 cm³/mol. The number of rotatable bonds is 10. The quantitative estimate of drug-likeness (QED) is 0.480. The van der Waals surface area contributed by atoms with E-state index in [-0.39, 0.29) is 18.5 Å². The number of anilines is 1. The number of amides is 2. The van der Waals surface area contributed by atoms with Crippen molar-refractivity contribution in [2.24, 2.45) is 0 Å². The summed E-state index contributed by atoms with van der Waals surface area (Å²) in [4.78, 5) is 28.2. The summed E-state index contributed by atoms with van der Waals surface area (Å²) in [6.45, 7) is 9.15. The third-order valence-corrected chi connectivity index (χ3v) is 7.56. The minimum absolute atomic E-state index is 0.0878. The highest BCUT2D eigenvalue weighted by Crippen LogP contribution is 2.25. The van der Waals surface area contributed by atoms with E-state index in [4.69, 9.17) is 0 Å². The van der Waals surface area contributed by atoms with Crippen molar-refractivity contribution in [1.82, 2.24) is 10.2 Å². The van der Waals surface area contributed by atoms with Gasteiger partial charge in [-0.15, -0.1) is 0 Å². The molecular weight excluding hydrogens is 518 g/mol. The number of aryl methyl sites for hydroxylation is 2. The smallest absolute Gasteiger partial charge is 0.244 e. The lowest BCUT2D eigenvalue weighted by Gasteiger charge is -2.33. The van der Waals surface area contributed by atoms with Crippen molar-refractivity contribution >= 4 is 43.5 Å². The highest BCUT2D eigenvalue weighted by molar-refractivity contribution is 9.10. The lowest BCUT2D eigenvalue weighted by molar-refractivity contribution is -0.140. The Hall–Kier alpha value is -2.39. The van der Waals surface area contributed by atoms with E-state index in [9.17, 15) is 18.0 Å². The largest absolute Gasteiger partial charge is 0.352 e. The van der Waals surface area contributed by atoms with Gasteiger partial charge in [0.25, 0.3) is 0 Å². The van der Waals surface area contributed by atoms with Gasteiger partial charge in [-0.2, -0.15) is 0 Å². The van der Waals surface area contributed by atoms with E-state index in [1.54, 1.807) is 18.2 Å². The number of nitrogens with one attached hydrogen (secondary N) is 1. The average molecular weight is 553 g/mol. The van der Waals surface area contributed by atoms with Crippen molar-refractivity contribution in [2.45, 2.75) is 59.7 Å². The Labute approximate surface area is 211 Å². The van der Waals surface area contributed by atoms with Gasteiger partial charge in [0.1, 0.15) is 12.6 Å². The van der Waals surface area contributed by atoms with Crippen LogP contribution in [0.1, 0.15) is 43.9 Å². The fraction of sp³-hybridized carbons (Fsp3) is 0.440. The monoisotopic (exact) mass is 551 g/mol. The van der Waals surface area contributed by atoms with Crippen LogP contribution in [-0.4, -0.2) is 50.0 Å². The van der Waals surface area contributed by atoms with E-state index >= 15 is 0 Å². The summed E-state index contributed by atoms with van der Waals surface area (Å²) in [5.41, 5.74) is 3.13. The molecule has 0 heterocycles. The number of benzene rings is 2. The van der Waals surface area contributed by atoms with E-state index in [1.807, 2.05) is 58.9 Å². The molecule has 0 radical (unpaired) electrons. The highest BCUT2D eigenvalue weighted by Gasteiger charge is 2.32. The number of hydrogen-bond donors (Lipinski definition) is 1. The highest BCUT2D eigenvalue weighted by atomic mass is 79.9. The maximum absolute atomic E-state index is 13.7. The lowest BCUT2D eigenvalue weighted by Crippen LogP contribution is -2.53. The first-order valence-electron chi connectivity index (χ1n) is 11.2. The molecule has 0 aliphatic carbocycles. The molecule has 1 atom stereocenters. The van der Waals surface area contributed by atoms with Gasteiger partial charge in [-0.1, -0.05) is 47.1 Å². The van der Waals surface area contributed by atoms with Crippen molar-refractivity contribution in [3.63, 3.8) is 0 Å². The molecule has 9 heteroatoms. The topological polar surface area (TPSA) is 86.8 Å². The molecule has 2 aromatic carbocycles. The average Bonchev–Trinajstić information content (AvgIpc) is 2.73. The molecule has 0 fully saturated rings. The Kier molecular flexibility index (Phi) is 9.70. The van der Waals surface area contributed by atoms with E-state index in [1.165, 1.54) is 4.90 Å². The third kappa shape index (κ3) is 7.30. The van der Waals surface area contributed by atoms with Crippen molar-refractivity contribution in [3.8, 4) is 0 Å². The maximum atomic E-state index is 13.7.